The third kappa shape index (κ3) is 2.15. The lowest BCUT2D eigenvalue weighted by molar-refractivity contribution is -0.118. The summed E-state index contributed by atoms with van der Waals surface area (Å²) in [6.07, 6.45) is 2.28. The van der Waals surface area contributed by atoms with Crippen LogP contribution in [0.5, 0.6) is 0 Å². The van der Waals surface area contributed by atoms with Crippen molar-refractivity contribution in [3.8, 4) is 0 Å². The average molecular weight is 244 g/mol. The Hall–Kier alpha value is -1.35. The molecule has 0 atom stereocenters. The number of likely N-dealkylation sites (N-methyl/N-ethyl adjacent to an activating group) is 1. The number of rotatable bonds is 1. The molecule has 1 aliphatic carbocycles. The number of aryl methyl sites for hydroxylation is 1. The molecular weight excluding hydrogens is 224 g/mol. The van der Waals surface area contributed by atoms with Gasteiger partial charge in [0.2, 0.25) is 0 Å². The predicted octanol–water partition coefficient (Wildman–Crippen LogP) is 1.50. The van der Waals surface area contributed by atoms with E-state index in [2.05, 4.69) is 35.0 Å². The quantitative estimate of drug-likeness (QED) is 0.748. The zero-order chi connectivity index (χ0) is 12.5. The summed E-state index contributed by atoms with van der Waals surface area (Å²) in [5, 5.41) is 0. The van der Waals surface area contributed by atoms with Gasteiger partial charge < -0.3 is 9.80 Å². The first-order valence-electron chi connectivity index (χ1n) is 6.80. The molecule has 3 nitrogen and oxygen atoms in total. The van der Waals surface area contributed by atoms with E-state index in [1.54, 1.807) is 0 Å². The minimum Gasteiger partial charge on any atom is -0.369 e. The molecule has 3 heteroatoms. The predicted molar refractivity (Wildman–Crippen MR) is 73.2 cm³/mol. The van der Waals surface area contributed by atoms with Crippen molar-refractivity contribution >= 4 is 11.5 Å². The molecular formula is C15H20N2O. The summed E-state index contributed by atoms with van der Waals surface area (Å²) in [5.41, 5.74) is 3.97. The van der Waals surface area contributed by atoms with Crippen LogP contribution in [0.1, 0.15) is 17.5 Å². The number of ketones is 1. The molecule has 0 spiro atoms. The van der Waals surface area contributed by atoms with Gasteiger partial charge in [0, 0.05) is 44.7 Å². The molecule has 1 fully saturated rings. The lowest BCUT2D eigenvalue weighted by Gasteiger charge is -2.36. The van der Waals surface area contributed by atoms with Crippen LogP contribution < -0.4 is 4.90 Å². The second kappa shape index (κ2) is 4.73. The monoisotopic (exact) mass is 244 g/mol. The third-order valence-electron chi connectivity index (χ3n) is 4.14. The Balaban J connectivity index is 1.90. The summed E-state index contributed by atoms with van der Waals surface area (Å²) < 4.78 is 0. The van der Waals surface area contributed by atoms with Gasteiger partial charge in [-0.15, -0.1) is 0 Å². The maximum Gasteiger partial charge on any atom is 0.137 e. The van der Waals surface area contributed by atoms with E-state index in [-0.39, 0.29) is 0 Å². The Morgan fingerprint density at radius 3 is 2.61 bits per heavy atom. The van der Waals surface area contributed by atoms with Crippen LogP contribution in [0.3, 0.4) is 0 Å². The van der Waals surface area contributed by atoms with Gasteiger partial charge in [0.05, 0.1) is 0 Å². The SMILES string of the molecule is CN1CCN(c2cccc3c2CC(=O)CC3)CC1. The van der Waals surface area contributed by atoms with Crippen molar-refractivity contribution in [3.63, 3.8) is 0 Å². The largest absolute Gasteiger partial charge is 0.369 e. The molecule has 1 aromatic rings. The van der Waals surface area contributed by atoms with Gasteiger partial charge >= 0.3 is 0 Å². The highest BCUT2D eigenvalue weighted by molar-refractivity contribution is 5.85. The van der Waals surface area contributed by atoms with Gasteiger partial charge in [-0.2, -0.15) is 0 Å². The molecule has 0 saturated carbocycles. The zero-order valence-corrected chi connectivity index (χ0v) is 11.0. The van der Waals surface area contributed by atoms with Crippen LogP contribution in [0.25, 0.3) is 0 Å². The van der Waals surface area contributed by atoms with Crippen molar-refractivity contribution in [1.82, 2.24) is 4.90 Å². The summed E-state index contributed by atoms with van der Waals surface area (Å²) in [7, 11) is 2.17. The van der Waals surface area contributed by atoms with E-state index in [9.17, 15) is 4.79 Å². The second-order valence-electron chi connectivity index (χ2n) is 5.42. The van der Waals surface area contributed by atoms with Crippen molar-refractivity contribution in [3.05, 3.63) is 29.3 Å². The molecule has 1 aromatic carbocycles. The van der Waals surface area contributed by atoms with Crippen LogP contribution in [0.15, 0.2) is 18.2 Å². The first kappa shape index (κ1) is 11.7. The number of Topliss-reactive ketones (excluding diaryl/α,β-unsaturated/α-hetero) is 1. The number of anilines is 1. The Kier molecular flexibility index (Phi) is 3.08. The minimum atomic E-state index is 0.393. The smallest absolute Gasteiger partial charge is 0.137 e. The van der Waals surface area contributed by atoms with Gasteiger partial charge in [0.25, 0.3) is 0 Å². The normalized spacial score (nSPS) is 20.9. The van der Waals surface area contributed by atoms with Crippen LogP contribution in [0.4, 0.5) is 5.69 Å². The highest BCUT2D eigenvalue weighted by Gasteiger charge is 2.22. The van der Waals surface area contributed by atoms with Crippen molar-refractivity contribution in [2.45, 2.75) is 19.3 Å². The topological polar surface area (TPSA) is 23.6 Å². The molecule has 0 radical (unpaired) electrons. The molecule has 2 aliphatic rings. The van der Waals surface area contributed by atoms with E-state index in [0.717, 1.165) is 39.0 Å². The van der Waals surface area contributed by atoms with Gasteiger partial charge in [0.1, 0.15) is 5.78 Å². The number of nitrogens with zero attached hydrogens (tertiary/aromatic N) is 2. The second-order valence-corrected chi connectivity index (χ2v) is 5.42. The molecule has 0 bridgehead atoms. The molecule has 1 aliphatic heterocycles. The summed E-state index contributed by atoms with van der Waals surface area (Å²) in [5.74, 6) is 0.393. The Morgan fingerprint density at radius 2 is 1.83 bits per heavy atom. The lowest BCUT2D eigenvalue weighted by Crippen LogP contribution is -2.45. The number of carbonyl (C=O) groups excluding carboxylic acids is 1. The van der Waals surface area contributed by atoms with E-state index in [0.29, 0.717) is 12.2 Å². The zero-order valence-electron chi connectivity index (χ0n) is 11.0. The fraction of sp³-hybridized carbons (Fsp3) is 0.533. The molecule has 0 amide bonds. The Morgan fingerprint density at radius 1 is 1.06 bits per heavy atom. The van der Waals surface area contributed by atoms with Crippen molar-refractivity contribution in [2.75, 3.05) is 38.1 Å². The van der Waals surface area contributed by atoms with E-state index < -0.39 is 0 Å². The summed E-state index contributed by atoms with van der Waals surface area (Å²) >= 11 is 0. The number of hydrogen-bond donors (Lipinski definition) is 0. The third-order valence-corrected chi connectivity index (χ3v) is 4.14. The molecule has 3 rings (SSSR count). The van der Waals surface area contributed by atoms with E-state index >= 15 is 0 Å². The fourth-order valence-electron chi connectivity index (χ4n) is 2.96. The fourth-order valence-corrected chi connectivity index (χ4v) is 2.96. The molecule has 0 aromatic heterocycles. The molecule has 18 heavy (non-hydrogen) atoms. The van der Waals surface area contributed by atoms with Gasteiger partial charge in [-0.05, 0) is 30.7 Å². The number of piperazine rings is 1. The van der Waals surface area contributed by atoms with Crippen LogP contribution in [0, 0.1) is 0 Å². The maximum atomic E-state index is 11.7. The van der Waals surface area contributed by atoms with Gasteiger partial charge in [-0.1, -0.05) is 12.1 Å². The maximum absolute atomic E-state index is 11.7. The van der Waals surface area contributed by atoms with Crippen molar-refractivity contribution in [2.24, 2.45) is 0 Å². The Labute approximate surface area is 108 Å². The van der Waals surface area contributed by atoms with Crippen LogP contribution in [0.2, 0.25) is 0 Å². The van der Waals surface area contributed by atoms with E-state index in [1.165, 1.54) is 16.8 Å². The van der Waals surface area contributed by atoms with E-state index in [4.69, 9.17) is 0 Å². The highest BCUT2D eigenvalue weighted by Crippen LogP contribution is 2.29. The molecule has 1 heterocycles. The first-order chi connectivity index (χ1) is 8.74. The van der Waals surface area contributed by atoms with E-state index in [1.807, 2.05) is 0 Å². The standard InChI is InChI=1S/C15H20N2O/c1-16-7-9-17(10-8-16)15-4-2-3-12-5-6-13(18)11-14(12)15/h2-4H,5-11H2,1H3. The molecule has 0 N–H and O–H groups in total. The minimum absolute atomic E-state index is 0.393. The molecule has 0 unspecified atom stereocenters. The van der Waals surface area contributed by atoms with Crippen LogP contribution in [-0.4, -0.2) is 43.9 Å². The Bertz CT molecular complexity index is 462. The summed E-state index contributed by atoms with van der Waals surface area (Å²) in [6.45, 7) is 4.36. The average Bonchev–Trinajstić information content (AvgIpc) is 2.39. The number of fused-ring (bicyclic) bond motifs is 1. The van der Waals surface area contributed by atoms with Gasteiger partial charge in [-0.25, -0.2) is 0 Å². The highest BCUT2D eigenvalue weighted by atomic mass is 16.1. The lowest BCUT2D eigenvalue weighted by atomic mass is 9.89. The summed E-state index contributed by atoms with van der Waals surface area (Å²) in [4.78, 5) is 16.5. The molecule has 1 saturated heterocycles. The first-order valence-corrected chi connectivity index (χ1v) is 6.80. The number of carbonyl (C=O) groups is 1. The number of hydrogen-bond acceptors (Lipinski definition) is 3. The van der Waals surface area contributed by atoms with Crippen LogP contribution >= 0.6 is 0 Å². The van der Waals surface area contributed by atoms with Crippen molar-refractivity contribution < 1.29 is 4.79 Å². The number of benzene rings is 1. The van der Waals surface area contributed by atoms with Crippen LogP contribution in [-0.2, 0) is 17.6 Å². The van der Waals surface area contributed by atoms with Gasteiger partial charge in [-0.3, -0.25) is 4.79 Å². The summed E-state index contributed by atoms with van der Waals surface area (Å²) in [6, 6.07) is 6.51. The molecule has 96 valence electrons. The van der Waals surface area contributed by atoms with Gasteiger partial charge in [0.15, 0.2) is 0 Å². The van der Waals surface area contributed by atoms with Crippen molar-refractivity contribution in [1.29, 1.82) is 0 Å².